The molecule has 0 atom stereocenters. The normalized spacial score (nSPS) is 22.9. The molecule has 0 bridgehead atoms. The Morgan fingerprint density at radius 1 is 1.11 bits per heavy atom. The molecule has 3 aromatic heterocycles. The van der Waals surface area contributed by atoms with Gasteiger partial charge in [-0.2, -0.15) is 5.26 Å². The summed E-state index contributed by atoms with van der Waals surface area (Å²) >= 11 is 5.90. The van der Waals surface area contributed by atoms with Crippen molar-refractivity contribution in [2.24, 2.45) is 0 Å². The summed E-state index contributed by atoms with van der Waals surface area (Å²) in [6.45, 7) is 3.52. The van der Waals surface area contributed by atoms with Gasteiger partial charge >= 0.3 is 0 Å². The first-order chi connectivity index (χ1) is 17.1. The highest BCUT2D eigenvalue weighted by molar-refractivity contribution is 6.30. The Morgan fingerprint density at radius 2 is 1.91 bits per heavy atom. The van der Waals surface area contributed by atoms with Crippen LogP contribution in [0.4, 0.5) is 5.69 Å². The Morgan fingerprint density at radius 3 is 2.57 bits per heavy atom. The number of hydrogen-bond acceptors (Lipinski definition) is 6. The van der Waals surface area contributed by atoms with Crippen molar-refractivity contribution < 1.29 is 9.53 Å². The number of halogens is 1. The third-order valence-corrected chi connectivity index (χ3v) is 7.25. The molecule has 4 heterocycles. The molecule has 0 radical (unpaired) electrons. The second-order valence-electron chi connectivity index (χ2n) is 9.10. The van der Waals surface area contributed by atoms with Gasteiger partial charge in [-0.05, 0) is 56.0 Å². The van der Waals surface area contributed by atoms with Gasteiger partial charge in [0.15, 0.2) is 0 Å². The Labute approximate surface area is 209 Å². The maximum Gasteiger partial charge on any atom is 0.257 e. The number of nitrogens with one attached hydrogen (secondary N) is 1. The molecule has 1 saturated heterocycles. The number of nitrogens with zero attached hydrogens (tertiary/aromatic N) is 5. The zero-order valence-electron chi connectivity index (χ0n) is 19.4. The van der Waals surface area contributed by atoms with E-state index in [0.717, 1.165) is 57.7 Å². The summed E-state index contributed by atoms with van der Waals surface area (Å²) in [7, 11) is 0. The highest BCUT2D eigenvalue weighted by Crippen LogP contribution is 2.40. The lowest BCUT2D eigenvalue weighted by Crippen LogP contribution is -2.47. The summed E-state index contributed by atoms with van der Waals surface area (Å²) in [4.78, 5) is 24.1. The number of carbonyl (C=O) groups is 1. The van der Waals surface area contributed by atoms with Gasteiger partial charge in [-0.1, -0.05) is 11.6 Å². The largest absolute Gasteiger partial charge is 0.379 e. The van der Waals surface area contributed by atoms with Crippen molar-refractivity contribution in [3.05, 3.63) is 71.4 Å². The van der Waals surface area contributed by atoms with Crippen LogP contribution in [0.2, 0.25) is 5.02 Å². The fraction of sp³-hybridized carbons (Fsp3) is 0.385. The Hall–Kier alpha value is -3.25. The van der Waals surface area contributed by atoms with E-state index in [1.807, 2.05) is 12.1 Å². The molecule has 1 N–H and O–H groups in total. The standard InChI is InChI=1S/C26H27ClN6O2/c27-20-1-4-24(30-15-20)33-10-7-19(17-33)25(34)31-21-2-3-23(29-16-21)26(18-28)8-5-22(6-9-26)32-11-13-35-14-12-32/h1-4,7,10,15-17,22H,5-6,8-9,11-14H2,(H,31,34)/t22-,26-. The molecular formula is C26H27ClN6O2. The van der Waals surface area contributed by atoms with E-state index in [9.17, 15) is 10.1 Å². The van der Waals surface area contributed by atoms with E-state index < -0.39 is 5.41 Å². The number of morpholine rings is 1. The number of nitriles is 1. The fourth-order valence-electron chi connectivity index (χ4n) is 4.98. The highest BCUT2D eigenvalue weighted by atomic mass is 35.5. The van der Waals surface area contributed by atoms with Crippen molar-refractivity contribution in [1.82, 2.24) is 19.4 Å². The van der Waals surface area contributed by atoms with E-state index in [1.54, 1.807) is 47.6 Å². The number of amides is 1. The topological polar surface area (TPSA) is 96.1 Å². The number of hydrogen-bond donors (Lipinski definition) is 1. The van der Waals surface area contributed by atoms with E-state index in [4.69, 9.17) is 16.3 Å². The van der Waals surface area contributed by atoms with E-state index in [0.29, 0.717) is 28.1 Å². The molecular weight excluding hydrogens is 464 g/mol. The van der Waals surface area contributed by atoms with Gasteiger partial charge in [0.2, 0.25) is 0 Å². The minimum atomic E-state index is -0.575. The Bertz CT molecular complexity index is 1200. The molecule has 1 amide bonds. The summed E-state index contributed by atoms with van der Waals surface area (Å²) in [5.74, 6) is 0.429. The molecule has 0 spiro atoms. The van der Waals surface area contributed by atoms with Crippen molar-refractivity contribution in [3.8, 4) is 11.9 Å². The van der Waals surface area contributed by atoms with Crippen molar-refractivity contribution in [1.29, 1.82) is 5.26 Å². The molecule has 3 aromatic rings. The van der Waals surface area contributed by atoms with Crippen LogP contribution in [0.1, 0.15) is 41.7 Å². The van der Waals surface area contributed by atoms with Crippen LogP contribution in [0.5, 0.6) is 0 Å². The number of rotatable bonds is 5. The average Bonchev–Trinajstić information content (AvgIpc) is 3.41. The average molecular weight is 491 g/mol. The third kappa shape index (κ3) is 5.08. The zero-order chi connectivity index (χ0) is 24.3. The third-order valence-electron chi connectivity index (χ3n) is 7.03. The monoisotopic (exact) mass is 490 g/mol. The van der Waals surface area contributed by atoms with Gasteiger partial charge in [0.1, 0.15) is 5.82 Å². The molecule has 1 aliphatic heterocycles. The highest BCUT2D eigenvalue weighted by Gasteiger charge is 2.40. The molecule has 0 unspecified atom stereocenters. The molecule has 2 aliphatic rings. The van der Waals surface area contributed by atoms with E-state index >= 15 is 0 Å². The number of aromatic nitrogens is 3. The van der Waals surface area contributed by atoms with E-state index in [-0.39, 0.29) is 5.91 Å². The number of pyridine rings is 2. The van der Waals surface area contributed by atoms with Crippen LogP contribution in [-0.2, 0) is 10.2 Å². The van der Waals surface area contributed by atoms with Crippen molar-refractivity contribution >= 4 is 23.2 Å². The van der Waals surface area contributed by atoms with Gasteiger partial charge in [0, 0.05) is 37.7 Å². The summed E-state index contributed by atoms with van der Waals surface area (Å²) in [6.07, 6.45) is 10.2. The van der Waals surface area contributed by atoms with Crippen LogP contribution in [-0.4, -0.2) is 57.7 Å². The summed E-state index contributed by atoms with van der Waals surface area (Å²) in [5, 5.41) is 13.5. The molecule has 0 aromatic carbocycles. The first-order valence-corrected chi connectivity index (χ1v) is 12.2. The fourth-order valence-corrected chi connectivity index (χ4v) is 5.09. The Kier molecular flexibility index (Phi) is 6.82. The molecule has 2 fully saturated rings. The number of ether oxygens (including phenoxy) is 1. The van der Waals surface area contributed by atoms with Crippen LogP contribution in [0, 0.1) is 11.3 Å². The van der Waals surface area contributed by atoms with Crippen LogP contribution in [0.3, 0.4) is 0 Å². The summed E-state index contributed by atoms with van der Waals surface area (Å²) < 4.78 is 7.23. The molecule has 180 valence electrons. The van der Waals surface area contributed by atoms with Gasteiger partial charge in [-0.3, -0.25) is 14.7 Å². The van der Waals surface area contributed by atoms with Gasteiger partial charge in [-0.15, -0.1) is 0 Å². The van der Waals surface area contributed by atoms with Crippen LogP contribution < -0.4 is 5.32 Å². The smallest absolute Gasteiger partial charge is 0.257 e. The first-order valence-electron chi connectivity index (χ1n) is 11.9. The second-order valence-corrected chi connectivity index (χ2v) is 9.54. The maximum atomic E-state index is 12.7. The molecule has 35 heavy (non-hydrogen) atoms. The van der Waals surface area contributed by atoms with E-state index in [1.165, 1.54) is 0 Å². The summed E-state index contributed by atoms with van der Waals surface area (Å²) in [6, 6.07) is 12.0. The predicted molar refractivity (Wildman–Crippen MR) is 133 cm³/mol. The van der Waals surface area contributed by atoms with Gasteiger partial charge in [-0.25, -0.2) is 4.98 Å². The number of anilines is 1. The van der Waals surface area contributed by atoms with Gasteiger partial charge in [0.25, 0.3) is 5.91 Å². The van der Waals surface area contributed by atoms with Crippen molar-refractivity contribution in [3.63, 3.8) is 0 Å². The van der Waals surface area contributed by atoms with Crippen LogP contribution in [0.15, 0.2) is 55.1 Å². The van der Waals surface area contributed by atoms with Crippen molar-refractivity contribution in [2.45, 2.75) is 37.1 Å². The van der Waals surface area contributed by atoms with Crippen LogP contribution in [0.25, 0.3) is 5.82 Å². The molecule has 1 saturated carbocycles. The van der Waals surface area contributed by atoms with Crippen LogP contribution >= 0.6 is 11.6 Å². The minimum Gasteiger partial charge on any atom is -0.379 e. The lowest BCUT2D eigenvalue weighted by Gasteiger charge is -2.41. The summed E-state index contributed by atoms with van der Waals surface area (Å²) in [5.41, 5.74) is 1.29. The SMILES string of the molecule is N#C[C@]1(c2ccc(NC(=O)c3ccn(-c4ccc(Cl)cn4)c3)cn2)CC[C@H](N2CCOCC2)CC1. The minimum absolute atomic E-state index is 0.242. The van der Waals surface area contributed by atoms with E-state index in [2.05, 4.69) is 26.3 Å². The lowest BCUT2D eigenvalue weighted by molar-refractivity contribution is 0.00493. The zero-order valence-corrected chi connectivity index (χ0v) is 20.1. The maximum absolute atomic E-state index is 12.7. The quantitative estimate of drug-likeness (QED) is 0.575. The number of carbonyl (C=O) groups excluding carboxylic acids is 1. The molecule has 1 aliphatic carbocycles. The first kappa shape index (κ1) is 23.5. The molecule has 8 nitrogen and oxygen atoms in total. The van der Waals surface area contributed by atoms with Crippen molar-refractivity contribution in [2.75, 3.05) is 31.6 Å². The lowest BCUT2D eigenvalue weighted by atomic mass is 9.71. The molecule has 5 rings (SSSR count). The molecule has 9 heteroatoms. The van der Waals surface area contributed by atoms with Gasteiger partial charge in [0.05, 0.1) is 52.9 Å². The van der Waals surface area contributed by atoms with Gasteiger partial charge < -0.3 is 14.6 Å². The Balaban J connectivity index is 1.22. The predicted octanol–water partition coefficient (Wildman–Crippen LogP) is 4.21. The second kappa shape index (κ2) is 10.2.